The van der Waals surface area contributed by atoms with E-state index in [4.69, 9.17) is 5.73 Å². The zero-order valence-electron chi connectivity index (χ0n) is 8.17. The Balaban J connectivity index is 2.74. The Morgan fingerprint density at radius 2 is 2.14 bits per heavy atom. The maximum Gasteiger partial charge on any atom is 0.123 e. The molecule has 0 fully saturated rings. The summed E-state index contributed by atoms with van der Waals surface area (Å²) in [5.74, 6) is -0.186. The van der Waals surface area contributed by atoms with Gasteiger partial charge in [-0.15, -0.1) is 11.3 Å². The fraction of sp³-hybridized carbons (Fsp3) is 0.273. The summed E-state index contributed by atoms with van der Waals surface area (Å²) in [6.45, 7) is 3.95. The van der Waals surface area contributed by atoms with E-state index in [0.717, 1.165) is 20.5 Å². The zero-order valence-corrected chi connectivity index (χ0v) is 8.99. The fourth-order valence-electron chi connectivity index (χ4n) is 1.65. The van der Waals surface area contributed by atoms with Crippen LogP contribution in [0.5, 0.6) is 0 Å². The second-order valence-corrected chi connectivity index (χ2v) is 4.60. The van der Waals surface area contributed by atoms with E-state index in [-0.39, 0.29) is 11.9 Å². The van der Waals surface area contributed by atoms with Crippen molar-refractivity contribution >= 4 is 21.4 Å². The summed E-state index contributed by atoms with van der Waals surface area (Å²) in [5.41, 5.74) is 6.94. The lowest BCUT2D eigenvalue weighted by atomic mass is 10.1. The Kier molecular flexibility index (Phi) is 2.29. The predicted octanol–water partition coefficient (Wildman–Crippen LogP) is 3.37. The standard InChI is InChI=1S/C11H12FNS/c1-6-9-5-8(12)3-4-10(9)14-11(6)7(2)13/h3-5,7H,13H2,1-2H3. The number of halogens is 1. The van der Waals surface area contributed by atoms with Crippen LogP contribution in [0.3, 0.4) is 0 Å². The number of benzene rings is 1. The first-order valence-electron chi connectivity index (χ1n) is 4.53. The van der Waals surface area contributed by atoms with E-state index >= 15 is 0 Å². The lowest BCUT2D eigenvalue weighted by Crippen LogP contribution is -2.03. The largest absolute Gasteiger partial charge is 0.323 e. The van der Waals surface area contributed by atoms with Crippen molar-refractivity contribution in [1.29, 1.82) is 0 Å². The van der Waals surface area contributed by atoms with Gasteiger partial charge in [-0.05, 0) is 43.0 Å². The molecule has 74 valence electrons. The van der Waals surface area contributed by atoms with E-state index in [0.29, 0.717) is 0 Å². The molecule has 0 saturated heterocycles. The van der Waals surface area contributed by atoms with Gasteiger partial charge in [0.15, 0.2) is 0 Å². The van der Waals surface area contributed by atoms with Gasteiger partial charge in [0, 0.05) is 15.6 Å². The van der Waals surface area contributed by atoms with Gasteiger partial charge >= 0.3 is 0 Å². The molecule has 1 heterocycles. The van der Waals surface area contributed by atoms with Crippen LogP contribution in [0.25, 0.3) is 10.1 Å². The summed E-state index contributed by atoms with van der Waals surface area (Å²) < 4.78 is 14.1. The molecule has 1 aromatic carbocycles. The van der Waals surface area contributed by atoms with Gasteiger partial charge in [-0.2, -0.15) is 0 Å². The van der Waals surface area contributed by atoms with Crippen LogP contribution in [0, 0.1) is 12.7 Å². The zero-order chi connectivity index (χ0) is 10.3. The summed E-state index contributed by atoms with van der Waals surface area (Å²) in [5, 5.41) is 0.988. The van der Waals surface area contributed by atoms with Crippen LogP contribution in [0.15, 0.2) is 18.2 Å². The van der Waals surface area contributed by atoms with Crippen molar-refractivity contribution in [2.24, 2.45) is 5.73 Å². The van der Waals surface area contributed by atoms with Crippen molar-refractivity contribution in [1.82, 2.24) is 0 Å². The highest BCUT2D eigenvalue weighted by Gasteiger charge is 2.11. The third-order valence-corrected chi connectivity index (χ3v) is 3.82. The molecule has 0 amide bonds. The molecule has 2 aromatic rings. The van der Waals surface area contributed by atoms with Gasteiger partial charge in [0.25, 0.3) is 0 Å². The van der Waals surface area contributed by atoms with Gasteiger partial charge in [0.05, 0.1) is 0 Å². The van der Waals surface area contributed by atoms with Crippen LogP contribution in [-0.4, -0.2) is 0 Å². The Hall–Kier alpha value is -0.930. The van der Waals surface area contributed by atoms with Crippen LogP contribution in [0.1, 0.15) is 23.4 Å². The average Bonchev–Trinajstić information content (AvgIpc) is 2.44. The molecule has 0 aliphatic rings. The summed E-state index contributed by atoms with van der Waals surface area (Å²) in [6.07, 6.45) is 0. The van der Waals surface area contributed by atoms with Crippen molar-refractivity contribution in [2.75, 3.05) is 0 Å². The number of fused-ring (bicyclic) bond motifs is 1. The van der Waals surface area contributed by atoms with E-state index in [9.17, 15) is 4.39 Å². The Morgan fingerprint density at radius 3 is 2.79 bits per heavy atom. The third-order valence-electron chi connectivity index (χ3n) is 2.35. The molecule has 1 atom stereocenters. The van der Waals surface area contributed by atoms with Crippen molar-refractivity contribution in [3.63, 3.8) is 0 Å². The molecule has 0 aliphatic carbocycles. The van der Waals surface area contributed by atoms with Gasteiger partial charge in [0.2, 0.25) is 0 Å². The van der Waals surface area contributed by atoms with Crippen molar-refractivity contribution < 1.29 is 4.39 Å². The minimum Gasteiger partial charge on any atom is -0.323 e. The lowest BCUT2D eigenvalue weighted by Gasteiger charge is -2.01. The van der Waals surface area contributed by atoms with E-state index in [1.807, 2.05) is 19.9 Å². The summed E-state index contributed by atoms with van der Waals surface area (Å²) in [4.78, 5) is 1.14. The molecule has 14 heavy (non-hydrogen) atoms. The van der Waals surface area contributed by atoms with E-state index in [1.54, 1.807) is 17.4 Å². The van der Waals surface area contributed by atoms with E-state index in [2.05, 4.69) is 0 Å². The number of rotatable bonds is 1. The van der Waals surface area contributed by atoms with Crippen molar-refractivity contribution in [3.8, 4) is 0 Å². The summed E-state index contributed by atoms with van der Waals surface area (Å²) in [6, 6.07) is 4.90. The van der Waals surface area contributed by atoms with Crippen molar-refractivity contribution in [2.45, 2.75) is 19.9 Å². The highest BCUT2D eigenvalue weighted by molar-refractivity contribution is 7.19. The van der Waals surface area contributed by atoms with Gasteiger partial charge in [0.1, 0.15) is 5.82 Å². The highest BCUT2D eigenvalue weighted by atomic mass is 32.1. The van der Waals surface area contributed by atoms with E-state index < -0.39 is 0 Å². The topological polar surface area (TPSA) is 26.0 Å². The van der Waals surface area contributed by atoms with Crippen LogP contribution in [-0.2, 0) is 0 Å². The maximum absolute atomic E-state index is 13.0. The molecule has 1 nitrogen and oxygen atoms in total. The molecule has 2 rings (SSSR count). The Bertz CT molecular complexity index is 473. The van der Waals surface area contributed by atoms with Crippen LogP contribution >= 0.6 is 11.3 Å². The number of thiophene rings is 1. The van der Waals surface area contributed by atoms with Gasteiger partial charge in [-0.25, -0.2) is 4.39 Å². The fourth-order valence-corrected chi connectivity index (χ4v) is 2.79. The first-order chi connectivity index (χ1) is 6.59. The summed E-state index contributed by atoms with van der Waals surface area (Å²) in [7, 11) is 0. The number of hydrogen-bond acceptors (Lipinski definition) is 2. The molecule has 0 radical (unpaired) electrons. The minimum absolute atomic E-state index is 0.0236. The number of aryl methyl sites for hydroxylation is 1. The normalized spacial score (nSPS) is 13.4. The maximum atomic E-state index is 13.0. The second kappa shape index (κ2) is 3.33. The van der Waals surface area contributed by atoms with Gasteiger partial charge in [-0.1, -0.05) is 0 Å². The van der Waals surface area contributed by atoms with Crippen LogP contribution < -0.4 is 5.73 Å². The summed E-state index contributed by atoms with van der Waals surface area (Å²) >= 11 is 1.65. The lowest BCUT2D eigenvalue weighted by molar-refractivity contribution is 0.630. The quantitative estimate of drug-likeness (QED) is 0.765. The number of hydrogen-bond donors (Lipinski definition) is 1. The number of nitrogens with two attached hydrogens (primary N) is 1. The van der Waals surface area contributed by atoms with E-state index in [1.165, 1.54) is 6.07 Å². The van der Waals surface area contributed by atoms with Gasteiger partial charge in [-0.3, -0.25) is 0 Å². The molecule has 1 unspecified atom stereocenters. The average molecular weight is 209 g/mol. The van der Waals surface area contributed by atoms with Gasteiger partial charge < -0.3 is 5.73 Å². The molecular weight excluding hydrogens is 197 g/mol. The third kappa shape index (κ3) is 1.42. The molecular formula is C11H12FNS. The molecule has 0 saturated carbocycles. The highest BCUT2D eigenvalue weighted by Crippen LogP contribution is 2.34. The molecule has 1 aromatic heterocycles. The molecule has 0 aliphatic heterocycles. The van der Waals surface area contributed by atoms with Crippen LogP contribution in [0.4, 0.5) is 4.39 Å². The minimum atomic E-state index is -0.186. The van der Waals surface area contributed by atoms with Crippen molar-refractivity contribution in [3.05, 3.63) is 34.5 Å². The predicted molar refractivity (Wildman–Crippen MR) is 59.1 cm³/mol. The molecule has 3 heteroatoms. The second-order valence-electron chi connectivity index (χ2n) is 3.52. The monoisotopic (exact) mass is 209 g/mol. The Morgan fingerprint density at radius 1 is 1.43 bits per heavy atom. The Labute approximate surface area is 86.4 Å². The SMILES string of the molecule is Cc1c(C(C)N)sc2ccc(F)cc12. The first-order valence-corrected chi connectivity index (χ1v) is 5.35. The van der Waals surface area contributed by atoms with Crippen LogP contribution in [0.2, 0.25) is 0 Å². The molecule has 2 N–H and O–H groups in total. The first kappa shape index (κ1) is 9.62. The molecule has 0 bridgehead atoms. The smallest absolute Gasteiger partial charge is 0.123 e. The molecule has 0 spiro atoms.